The number of H-pyrrole nitrogens is 1. The van der Waals surface area contributed by atoms with Gasteiger partial charge in [-0.25, -0.2) is 4.39 Å². The number of fused-ring (bicyclic) bond motifs is 1. The molecule has 1 aromatic carbocycles. The van der Waals surface area contributed by atoms with E-state index in [4.69, 9.17) is 0 Å². The molecule has 1 heterocycles. The van der Waals surface area contributed by atoms with E-state index in [0.717, 1.165) is 18.4 Å². The van der Waals surface area contributed by atoms with Crippen LogP contribution in [0.2, 0.25) is 0 Å². The summed E-state index contributed by atoms with van der Waals surface area (Å²) in [6.07, 6.45) is 3.73. The van der Waals surface area contributed by atoms with E-state index in [1.54, 1.807) is 18.3 Å². The molecular weight excluding hydrogens is 193 g/mol. The van der Waals surface area contributed by atoms with E-state index in [-0.39, 0.29) is 5.82 Å². The molecule has 1 saturated carbocycles. The van der Waals surface area contributed by atoms with Crippen LogP contribution in [-0.2, 0) is 6.42 Å². The Kier molecular flexibility index (Phi) is 1.68. The number of hydrogen-bond acceptors (Lipinski definition) is 1. The van der Waals surface area contributed by atoms with E-state index in [0.29, 0.717) is 17.4 Å². The third-order valence-corrected chi connectivity index (χ3v) is 3.10. The van der Waals surface area contributed by atoms with Gasteiger partial charge in [0.2, 0.25) is 0 Å². The van der Waals surface area contributed by atoms with Crippen molar-refractivity contribution >= 4 is 10.9 Å². The zero-order valence-electron chi connectivity index (χ0n) is 8.26. The summed E-state index contributed by atoms with van der Waals surface area (Å²) in [4.78, 5) is 2.96. The number of rotatable bonds is 2. The van der Waals surface area contributed by atoms with Gasteiger partial charge in [0.1, 0.15) is 5.82 Å². The minimum Gasteiger partial charge on any atom is -0.390 e. The number of benzene rings is 1. The summed E-state index contributed by atoms with van der Waals surface area (Å²) < 4.78 is 13.9. The minimum atomic E-state index is -0.634. The van der Waals surface area contributed by atoms with Crippen LogP contribution in [0, 0.1) is 5.82 Å². The van der Waals surface area contributed by atoms with Crippen molar-refractivity contribution in [1.82, 2.24) is 4.98 Å². The minimum absolute atomic E-state index is 0.200. The third-order valence-electron chi connectivity index (χ3n) is 3.10. The average molecular weight is 205 g/mol. The van der Waals surface area contributed by atoms with Gasteiger partial charge in [-0.3, -0.25) is 0 Å². The predicted molar refractivity (Wildman–Crippen MR) is 56.1 cm³/mol. The van der Waals surface area contributed by atoms with Crippen LogP contribution in [0.4, 0.5) is 4.39 Å². The quantitative estimate of drug-likeness (QED) is 0.775. The van der Waals surface area contributed by atoms with Crippen LogP contribution in [0.5, 0.6) is 0 Å². The molecule has 1 aliphatic rings. The molecule has 3 heteroatoms. The highest BCUT2D eigenvalue weighted by molar-refractivity contribution is 5.80. The Hall–Kier alpha value is -1.35. The SMILES string of the molecule is OC1(Cc2ccc3[nH]ccc3c2F)CC1. The molecule has 2 nitrogen and oxygen atoms in total. The van der Waals surface area contributed by atoms with Gasteiger partial charge in [-0.1, -0.05) is 6.07 Å². The number of hydrogen-bond donors (Lipinski definition) is 2. The van der Waals surface area contributed by atoms with Crippen molar-refractivity contribution in [3.05, 3.63) is 35.8 Å². The first kappa shape index (κ1) is 8.92. The molecule has 0 amide bonds. The molecule has 78 valence electrons. The highest BCUT2D eigenvalue weighted by Gasteiger charge is 2.40. The maximum Gasteiger partial charge on any atom is 0.135 e. The molecule has 0 spiro atoms. The maximum absolute atomic E-state index is 13.9. The summed E-state index contributed by atoms with van der Waals surface area (Å²) in [7, 11) is 0. The number of halogens is 1. The second-order valence-electron chi connectivity index (χ2n) is 4.38. The van der Waals surface area contributed by atoms with E-state index in [2.05, 4.69) is 4.98 Å². The van der Waals surface area contributed by atoms with Crippen LogP contribution in [-0.4, -0.2) is 15.7 Å². The standard InChI is InChI=1S/C12H12FNO/c13-11-8(7-12(15)4-5-12)1-2-10-9(11)3-6-14-10/h1-3,6,14-15H,4-5,7H2. The van der Waals surface area contributed by atoms with E-state index in [1.807, 2.05) is 6.07 Å². The van der Waals surface area contributed by atoms with E-state index in [9.17, 15) is 9.50 Å². The Bertz CT molecular complexity index is 513. The van der Waals surface area contributed by atoms with Gasteiger partial charge in [-0.05, 0) is 30.5 Å². The highest BCUT2D eigenvalue weighted by Crippen LogP contribution is 2.39. The first-order valence-electron chi connectivity index (χ1n) is 5.15. The van der Waals surface area contributed by atoms with Gasteiger partial charge in [-0.15, -0.1) is 0 Å². The maximum atomic E-state index is 13.9. The molecule has 0 radical (unpaired) electrons. The van der Waals surface area contributed by atoms with Crippen molar-refractivity contribution in [1.29, 1.82) is 0 Å². The zero-order chi connectivity index (χ0) is 10.5. The molecule has 0 aliphatic heterocycles. The molecule has 3 rings (SSSR count). The fourth-order valence-electron chi connectivity index (χ4n) is 1.95. The van der Waals surface area contributed by atoms with Crippen LogP contribution >= 0.6 is 0 Å². The summed E-state index contributed by atoms with van der Waals surface area (Å²) in [6.45, 7) is 0. The van der Waals surface area contributed by atoms with Crippen LogP contribution in [0.25, 0.3) is 10.9 Å². The Labute approximate surface area is 86.7 Å². The Morgan fingerprint density at radius 1 is 1.33 bits per heavy atom. The van der Waals surface area contributed by atoms with Crippen LogP contribution in [0.3, 0.4) is 0 Å². The summed E-state index contributed by atoms with van der Waals surface area (Å²) in [5.41, 5.74) is 0.784. The lowest BCUT2D eigenvalue weighted by atomic mass is 10.0. The van der Waals surface area contributed by atoms with Crippen LogP contribution in [0.15, 0.2) is 24.4 Å². The fraction of sp³-hybridized carbons (Fsp3) is 0.333. The van der Waals surface area contributed by atoms with E-state index in [1.165, 1.54) is 0 Å². The first-order chi connectivity index (χ1) is 7.18. The first-order valence-corrected chi connectivity index (χ1v) is 5.15. The predicted octanol–water partition coefficient (Wildman–Crippen LogP) is 2.37. The molecule has 2 aromatic rings. The van der Waals surface area contributed by atoms with E-state index >= 15 is 0 Å². The molecule has 0 saturated heterocycles. The fourth-order valence-corrected chi connectivity index (χ4v) is 1.95. The molecule has 0 unspecified atom stereocenters. The normalized spacial score (nSPS) is 18.3. The smallest absolute Gasteiger partial charge is 0.135 e. The van der Waals surface area contributed by atoms with Gasteiger partial charge in [0.15, 0.2) is 0 Å². The second kappa shape index (κ2) is 2.83. The van der Waals surface area contributed by atoms with Crippen molar-refractivity contribution in [2.24, 2.45) is 0 Å². The van der Waals surface area contributed by atoms with Gasteiger partial charge < -0.3 is 10.1 Å². The number of aliphatic hydroxyl groups is 1. The Morgan fingerprint density at radius 3 is 2.87 bits per heavy atom. The van der Waals surface area contributed by atoms with Crippen molar-refractivity contribution in [2.75, 3.05) is 0 Å². The molecule has 1 aromatic heterocycles. The number of aromatic nitrogens is 1. The van der Waals surface area contributed by atoms with Gasteiger partial charge in [-0.2, -0.15) is 0 Å². The molecule has 0 bridgehead atoms. The molecule has 1 aliphatic carbocycles. The lowest BCUT2D eigenvalue weighted by Crippen LogP contribution is -2.11. The Balaban J connectivity index is 2.06. The largest absolute Gasteiger partial charge is 0.390 e. The molecular formula is C12H12FNO. The van der Waals surface area contributed by atoms with Gasteiger partial charge >= 0.3 is 0 Å². The molecule has 15 heavy (non-hydrogen) atoms. The van der Waals surface area contributed by atoms with Gasteiger partial charge in [0, 0.05) is 23.5 Å². The van der Waals surface area contributed by atoms with Crippen molar-refractivity contribution in [3.63, 3.8) is 0 Å². The van der Waals surface area contributed by atoms with Crippen LogP contribution < -0.4 is 0 Å². The van der Waals surface area contributed by atoms with Crippen molar-refractivity contribution < 1.29 is 9.50 Å². The summed E-state index contributed by atoms with van der Waals surface area (Å²) in [5.74, 6) is -0.200. The third kappa shape index (κ3) is 1.43. The average Bonchev–Trinajstić information content (AvgIpc) is 2.78. The molecule has 1 fully saturated rings. The van der Waals surface area contributed by atoms with E-state index < -0.39 is 5.60 Å². The number of nitrogens with one attached hydrogen (secondary N) is 1. The van der Waals surface area contributed by atoms with Crippen molar-refractivity contribution in [3.8, 4) is 0 Å². The number of aromatic amines is 1. The summed E-state index contributed by atoms with van der Waals surface area (Å²) >= 11 is 0. The van der Waals surface area contributed by atoms with Gasteiger partial charge in [0.25, 0.3) is 0 Å². The highest BCUT2D eigenvalue weighted by atomic mass is 19.1. The monoisotopic (exact) mass is 205 g/mol. The topological polar surface area (TPSA) is 36.0 Å². The summed E-state index contributed by atoms with van der Waals surface area (Å²) in [5, 5.41) is 10.4. The lowest BCUT2D eigenvalue weighted by molar-refractivity contribution is 0.150. The summed E-state index contributed by atoms with van der Waals surface area (Å²) in [6, 6.07) is 5.34. The van der Waals surface area contributed by atoms with Gasteiger partial charge in [0.05, 0.1) is 5.60 Å². The second-order valence-corrected chi connectivity index (χ2v) is 4.38. The lowest BCUT2D eigenvalue weighted by Gasteiger charge is -2.08. The molecule has 0 atom stereocenters. The van der Waals surface area contributed by atoms with Crippen molar-refractivity contribution in [2.45, 2.75) is 24.9 Å². The molecule has 2 N–H and O–H groups in total. The Morgan fingerprint density at radius 2 is 2.13 bits per heavy atom. The van der Waals surface area contributed by atoms with Crippen LogP contribution in [0.1, 0.15) is 18.4 Å². The zero-order valence-corrected chi connectivity index (χ0v) is 8.26.